The molecule has 2 heterocycles. The molecule has 0 unspecified atom stereocenters. The summed E-state index contributed by atoms with van der Waals surface area (Å²) in [7, 11) is 1.50. The lowest BCUT2D eigenvalue weighted by molar-refractivity contribution is -0.239. The second kappa shape index (κ2) is 11.7. The number of anilines is 1. The van der Waals surface area contributed by atoms with Crippen molar-refractivity contribution in [3.05, 3.63) is 40.0 Å². The van der Waals surface area contributed by atoms with Gasteiger partial charge in [0.15, 0.2) is 24.5 Å². The number of nitrogen functional groups attached to an aromatic ring is 1. The lowest BCUT2D eigenvalue weighted by Crippen LogP contribution is -2.55. The Morgan fingerprint density at radius 3 is 2.03 bits per heavy atom. The molecule has 1 aromatic heterocycles. The van der Waals surface area contributed by atoms with Crippen molar-refractivity contribution in [3.8, 4) is 29.0 Å². The first-order valence-electron chi connectivity index (χ1n) is 11.2. The maximum atomic E-state index is 12.0. The number of nitriles is 2. The first kappa shape index (κ1) is 28.1. The quantitative estimate of drug-likeness (QED) is 0.322. The van der Waals surface area contributed by atoms with Gasteiger partial charge >= 0.3 is 17.9 Å². The van der Waals surface area contributed by atoms with Gasteiger partial charge < -0.3 is 29.4 Å². The molecule has 0 spiro atoms. The second-order valence-corrected chi connectivity index (χ2v) is 8.54. The number of nitrogens with zero attached hydrogens (tertiary/aromatic N) is 3. The maximum Gasteiger partial charge on any atom is 0.303 e. The molecule has 12 nitrogen and oxygen atoms in total. The molecule has 0 saturated carbocycles. The first-order valence-corrected chi connectivity index (χ1v) is 11.6. The van der Waals surface area contributed by atoms with E-state index in [0.29, 0.717) is 11.3 Å². The van der Waals surface area contributed by atoms with Crippen LogP contribution in [-0.4, -0.2) is 54.5 Å². The zero-order chi connectivity index (χ0) is 28.1. The van der Waals surface area contributed by atoms with Crippen LogP contribution in [-0.2, 0) is 33.3 Å². The number of esters is 3. The van der Waals surface area contributed by atoms with Gasteiger partial charge in [-0.3, -0.25) is 19.0 Å². The number of nitrogens with two attached hydrogens (primary N) is 1. The van der Waals surface area contributed by atoms with E-state index >= 15 is 0 Å². The standard InChI is InChI=1S/C25H24N4O8S/c1-12(30)35-19-11-34-24(22(37-14(3)32)21(19)36-13(2)31)29-23(28)17(9-26)20(18(10-27)25(29)38)15-5-7-16(33-4)8-6-15/h5-8,19,21-22,24H,11,28H2,1-4H3/t19-,21-,22-,24-/m1/s1. The maximum absolute atomic E-state index is 12.0. The molecule has 1 saturated heterocycles. The normalized spacial score (nSPS) is 20.4. The molecule has 2 aromatic rings. The number of hydrogen-bond donors (Lipinski definition) is 1. The fourth-order valence-corrected chi connectivity index (χ4v) is 4.52. The molecule has 1 aromatic carbocycles. The average molecular weight is 541 g/mol. The molecule has 1 fully saturated rings. The predicted molar refractivity (Wildman–Crippen MR) is 133 cm³/mol. The third kappa shape index (κ3) is 5.59. The lowest BCUT2D eigenvalue weighted by Gasteiger charge is -2.41. The minimum Gasteiger partial charge on any atom is -0.497 e. The minimum absolute atomic E-state index is 0.0627. The number of carbonyl (C=O) groups excluding carboxylic acids is 3. The highest BCUT2D eigenvalue weighted by molar-refractivity contribution is 7.71. The fraction of sp³-hybridized carbons (Fsp3) is 0.360. The molecule has 38 heavy (non-hydrogen) atoms. The Morgan fingerprint density at radius 1 is 0.974 bits per heavy atom. The van der Waals surface area contributed by atoms with Crippen LogP contribution in [0.4, 0.5) is 5.82 Å². The van der Waals surface area contributed by atoms with Crippen LogP contribution in [0.2, 0.25) is 0 Å². The molecule has 0 aliphatic carbocycles. The number of aromatic nitrogens is 1. The highest BCUT2D eigenvalue weighted by Crippen LogP contribution is 2.38. The molecule has 1 aliphatic heterocycles. The fourth-order valence-electron chi connectivity index (χ4n) is 4.17. The van der Waals surface area contributed by atoms with Crippen LogP contribution in [0.15, 0.2) is 24.3 Å². The Morgan fingerprint density at radius 2 is 1.53 bits per heavy atom. The van der Waals surface area contributed by atoms with Gasteiger partial charge in [0.1, 0.15) is 33.9 Å². The zero-order valence-electron chi connectivity index (χ0n) is 20.9. The summed E-state index contributed by atoms with van der Waals surface area (Å²) in [5, 5.41) is 20.1. The summed E-state index contributed by atoms with van der Waals surface area (Å²) in [6, 6.07) is 10.6. The summed E-state index contributed by atoms with van der Waals surface area (Å²) in [5.74, 6) is -1.83. The van der Waals surface area contributed by atoms with E-state index in [9.17, 15) is 24.9 Å². The topological polar surface area (TPSA) is 176 Å². The SMILES string of the molecule is COc1ccc(-c2c(C#N)c(N)n([C@@H]3OC[C@@H](OC(C)=O)[C@@H](OC(C)=O)[C@H]3OC(C)=O)c(=S)c2C#N)cc1. The predicted octanol–water partition coefficient (Wildman–Crippen LogP) is 2.54. The van der Waals surface area contributed by atoms with E-state index in [1.807, 2.05) is 12.1 Å². The Kier molecular flexibility index (Phi) is 8.68. The molecule has 0 radical (unpaired) electrons. The summed E-state index contributed by atoms with van der Waals surface area (Å²) >= 11 is 5.61. The Bertz CT molecular complexity index is 1410. The van der Waals surface area contributed by atoms with Gasteiger partial charge in [0.25, 0.3) is 0 Å². The van der Waals surface area contributed by atoms with Gasteiger partial charge in [-0.25, -0.2) is 0 Å². The zero-order valence-corrected chi connectivity index (χ0v) is 21.7. The number of benzene rings is 1. The Hall–Kier alpha value is -4.46. The highest BCUT2D eigenvalue weighted by Gasteiger charge is 2.48. The van der Waals surface area contributed by atoms with E-state index in [1.165, 1.54) is 7.11 Å². The summed E-state index contributed by atoms with van der Waals surface area (Å²) in [6.45, 7) is 3.10. The number of rotatable bonds is 6. The van der Waals surface area contributed by atoms with Crippen molar-refractivity contribution in [1.82, 2.24) is 4.57 Å². The number of pyridine rings is 1. The van der Waals surface area contributed by atoms with Crippen molar-refractivity contribution in [1.29, 1.82) is 10.5 Å². The molecule has 4 atom stereocenters. The molecule has 13 heteroatoms. The van der Waals surface area contributed by atoms with Crippen molar-refractivity contribution in [3.63, 3.8) is 0 Å². The van der Waals surface area contributed by atoms with Gasteiger partial charge in [-0.15, -0.1) is 0 Å². The molecule has 0 bridgehead atoms. The number of ether oxygens (including phenoxy) is 5. The highest BCUT2D eigenvalue weighted by atomic mass is 32.1. The van der Waals surface area contributed by atoms with E-state index < -0.39 is 42.4 Å². The van der Waals surface area contributed by atoms with Crippen molar-refractivity contribution in [2.24, 2.45) is 0 Å². The molecule has 2 N–H and O–H groups in total. The van der Waals surface area contributed by atoms with Crippen molar-refractivity contribution >= 4 is 35.9 Å². The lowest BCUT2D eigenvalue weighted by atomic mass is 9.95. The summed E-state index contributed by atoms with van der Waals surface area (Å²) < 4.78 is 28.1. The smallest absolute Gasteiger partial charge is 0.303 e. The average Bonchev–Trinajstić information content (AvgIpc) is 2.86. The number of carbonyl (C=O) groups is 3. The van der Waals surface area contributed by atoms with E-state index in [1.54, 1.807) is 24.3 Å². The monoisotopic (exact) mass is 540 g/mol. The van der Waals surface area contributed by atoms with Crippen LogP contribution in [0.25, 0.3) is 11.1 Å². The van der Waals surface area contributed by atoms with Crippen molar-refractivity contribution in [2.45, 2.75) is 45.3 Å². The molecular weight excluding hydrogens is 516 g/mol. The third-order valence-corrected chi connectivity index (χ3v) is 6.03. The minimum atomic E-state index is -1.41. The number of methoxy groups -OCH3 is 1. The third-order valence-electron chi connectivity index (χ3n) is 5.63. The molecule has 1 aliphatic rings. The van der Waals surface area contributed by atoms with E-state index in [0.717, 1.165) is 25.3 Å². The molecule has 198 valence electrons. The van der Waals surface area contributed by atoms with E-state index in [-0.39, 0.29) is 33.8 Å². The van der Waals surface area contributed by atoms with Crippen LogP contribution in [0.1, 0.15) is 38.1 Å². The van der Waals surface area contributed by atoms with E-state index in [4.69, 9.17) is 41.6 Å². The number of hydrogen-bond acceptors (Lipinski definition) is 12. The summed E-state index contributed by atoms with van der Waals surface area (Å²) in [4.78, 5) is 35.6. The van der Waals surface area contributed by atoms with Crippen LogP contribution in [0.3, 0.4) is 0 Å². The van der Waals surface area contributed by atoms with E-state index in [2.05, 4.69) is 0 Å². The molecule has 3 rings (SSSR count). The first-order chi connectivity index (χ1) is 18.0. The second-order valence-electron chi connectivity index (χ2n) is 8.16. The Balaban J connectivity index is 2.26. The summed E-state index contributed by atoms with van der Waals surface area (Å²) in [5.41, 5.74) is 6.96. The van der Waals surface area contributed by atoms with Crippen LogP contribution in [0.5, 0.6) is 5.75 Å². The largest absolute Gasteiger partial charge is 0.497 e. The molecular formula is C25H24N4O8S. The van der Waals surface area contributed by atoms with Gasteiger partial charge in [-0.2, -0.15) is 10.5 Å². The van der Waals surface area contributed by atoms with Crippen LogP contribution < -0.4 is 10.5 Å². The Labute approximate surface area is 223 Å². The summed E-state index contributed by atoms with van der Waals surface area (Å²) in [6.07, 6.45) is -5.19. The van der Waals surface area contributed by atoms with Crippen LogP contribution in [0, 0.1) is 27.3 Å². The van der Waals surface area contributed by atoms with Gasteiger partial charge in [0, 0.05) is 26.3 Å². The van der Waals surface area contributed by atoms with Gasteiger partial charge in [0.2, 0.25) is 0 Å². The van der Waals surface area contributed by atoms with Gasteiger partial charge in [-0.1, -0.05) is 24.4 Å². The van der Waals surface area contributed by atoms with Crippen molar-refractivity contribution in [2.75, 3.05) is 19.5 Å². The molecule has 0 amide bonds. The van der Waals surface area contributed by atoms with Crippen LogP contribution >= 0.6 is 12.2 Å². The van der Waals surface area contributed by atoms with Gasteiger partial charge in [-0.05, 0) is 17.7 Å². The van der Waals surface area contributed by atoms with Gasteiger partial charge in [0.05, 0.1) is 19.3 Å². The van der Waals surface area contributed by atoms with Crippen molar-refractivity contribution < 1.29 is 38.1 Å².